The van der Waals surface area contributed by atoms with E-state index in [-0.39, 0.29) is 18.9 Å². The zero-order chi connectivity index (χ0) is 13.1. The minimum atomic E-state index is -0.943. The van der Waals surface area contributed by atoms with Gasteiger partial charge < -0.3 is 10.6 Å². The van der Waals surface area contributed by atoms with Crippen molar-refractivity contribution in [2.24, 2.45) is 0 Å². The van der Waals surface area contributed by atoms with Crippen LogP contribution in [0.5, 0.6) is 0 Å². The second kappa shape index (κ2) is 5.75. The number of hydrogen-bond acceptors (Lipinski definition) is 3. The first-order chi connectivity index (χ1) is 8.60. The van der Waals surface area contributed by atoms with Gasteiger partial charge in [-0.15, -0.1) is 0 Å². The van der Waals surface area contributed by atoms with Gasteiger partial charge in [-0.05, 0) is 34.0 Å². The van der Waals surface area contributed by atoms with Gasteiger partial charge in [0.2, 0.25) is 5.91 Å². The monoisotopic (exact) mass is 315 g/mol. The van der Waals surface area contributed by atoms with Crippen LogP contribution in [0.1, 0.15) is 18.9 Å². The average Bonchev–Trinajstić information content (AvgIpc) is 2.76. The molecular formula is C12H15BrFN3O. The highest BCUT2D eigenvalue weighted by Crippen LogP contribution is 2.19. The predicted molar refractivity (Wildman–Crippen MR) is 71.2 cm³/mol. The molecule has 1 saturated heterocycles. The lowest BCUT2D eigenvalue weighted by Gasteiger charge is -2.13. The molecule has 0 spiro atoms. The topological polar surface area (TPSA) is 54.0 Å². The summed E-state index contributed by atoms with van der Waals surface area (Å²) in [5.74, 6) is 0.316. The Morgan fingerprint density at radius 3 is 3.06 bits per heavy atom. The molecule has 4 nitrogen and oxygen atoms in total. The molecule has 0 unspecified atom stereocenters. The maximum atomic E-state index is 13.0. The SMILES string of the molecule is CCc1ccc(Br)nc1NC(=O)[C@@H]1C[C@@H](F)CN1. The van der Waals surface area contributed by atoms with Crippen molar-refractivity contribution in [2.45, 2.75) is 32.0 Å². The van der Waals surface area contributed by atoms with E-state index in [0.717, 1.165) is 12.0 Å². The largest absolute Gasteiger partial charge is 0.309 e. The standard InChI is InChI=1S/C12H15BrFN3O/c1-2-7-3-4-10(13)16-11(7)17-12(18)9-5-8(14)6-15-9/h3-4,8-9,15H,2,5-6H2,1H3,(H,16,17,18)/t8-,9+/m1/s1. The number of anilines is 1. The van der Waals surface area contributed by atoms with E-state index in [1.807, 2.05) is 19.1 Å². The van der Waals surface area contributed by atoms with Crippen LogP contribution >= 0.6 is 15.9 Å². The van der Waals surface area contributed by atoms with Crippen LogP contribution in [0.3, 0.4) is 0 Å². The van der Waals surface area contributed by atoms with Crippen molar-refractivity contribution in [3.05, 3.63) is 22.3 Å². The number of pyridine rings is 1. The minimum Gasteiger partial charge on any atom is -0.309 e. The van der Waals surface area contributed by atoms with Crippen molar-refractivity contribution in [3.63, 3.8) is 0 Å². The summed E-state index contributed by atoms with van der Waals surface area (Å²) in [6.07, 6.45) is 0.0583. The van der Waals surface area contributed by atoms with E-state index in [1.54, 1.807) is 0 Å². The zero-order valence-electron chi connectivity index (χ0n) is 10.0. The van der Waals surface area contributed by atoms with Gasteiger partial charge in [0.15, 0.2) is 0 Å². The van der Waals surface area contributed by atoms with Crippen molar-refractivity contribution >= 4 is 27.7 Å². The highest BCUT2D eigenvalue weighted by atomic mass is 79.9. The van der Waals surface area contributed by atoms with E-state index in [9.17, 15) is 9.18 Å². The lowest BCUT2D eigenvalue weighted by molar-refractivity contribution is -0.117. The number of hydrogen-bond donors (Lipinski definition) is 2. The molecular weight excluding hydrogens is 301 g/mol. The summed E-state index contributed by atoms with van der Waals surface area (Å²) in [6.45, 7) is 2.23. The highest BCUT2D eigenvalue weighted by Gasteiger charge is 2.29. The van der Waals surface area contributed by atoms with Crippen molar-refractivity contribution < 1.29 is 9.18 Å². The number of aromatic nitrogens is 1. The molecule has 1 aliphatic rings. The molecule has 1 aliphatic heterocycles. The highest BCUT2D eigenvalue weighted by molar-refractivity contribution is 9.10. The van der Waals surface area contributed by atoms with E-state index in [0.29, 0.717) is 10.4 Å². The molecule has 2 rings (SSSR count). The van der Waals surface area contributed by atoms with Crippen LogP contribution in [-0.2, 0) is 11.2 Å². The van der Waals surface area contributed by atoms with E-state index >= 15 is 0 Å². The quantitative estimate of drug-likeness (QED) is 0.839. The molecule has 0 aliphatic carbocycles. The van der Waals surface area contributed by atoms with Gasteiger partial charge in [0.25, 0.3) is 0 Å². The second-order valence-corrected chi connectivity index (χ2v) is 5.09. The van der Waals surface area contributed by atoms with Crippen LogP contribution in [0.2, 0.25) is 0 Å². The molecule has 0 aromatic carbocycles. The van der Waals surface area contributed by atoms with E-state index in [1.165, 1.54) is 0 Å². The van der Waals surface area contributed by atoms with Gasteiger partial charge in [-0.3, -0.25) is 4.79 Å². The first-order valence-electron chi connectivity index (χ1n) is 5.94. The Kier molecular flexibility index (Phi) is 4.29. The van der Waals surface area contributed by atoms with Gasteiger partial charge in [-0.2, -0.15) is 0 Å². The van der Waals surface area contributed by atoms with Crippen LogP contribution in [0.25, 0.3) is 0 Å². The Morgan fingerprint density at radius 2 is 2.44 bits per heavy atom. The van der Waals surface area contributed by atoms with Gasteiger partial charge in [-0.1, -0.05) is 13.0 Å². The van der Waals surface area contributed by atoms with E-state index < -0.39 is 12.2 Å². The summed E-state index contributed by atoms with van der Waals surface area (Å²) >= 11 is 3.27. The van der Waals surface area contributed by atoms with Crippen LogP contribution in [0.4, 0.5) is 10.2 Å². The minimum absolute atomic E-state index is 0.224. The zero-order valence-corrected chi connectivity index (χ0v) is 11.6. The molecule has 2 heterocycles. The fourth-order valence-electron chi connectivity index (χ4n) is 1.95. The fraction of sp³-hybridized carbons (Fsp3) is 0.500. The number of halogens is 2. The molecule has 6 heteroatoms. The van der Waals surface area contributed by atoms with E-state index in [4.69, 9.17) is 0 Å². The van der Waals surface area contributed by atoms with E-state index in [2.05, 4.69) is 31.5 Å². The maximum Gasteiger partial charge on any atom is 0.242 e. The molecule has 2 atom stereocenters. The first kappa shape index (κ1) is 13.4. The lowest BCUT2D eigenvalue weighted by Crippen LogP contribution is -2.36. The predicted octanol–water partition coefficient (Wildman–Crippen LogP) is 2.04. The molecule has 0 saturated carbocycles. The molecule has 98 valence electrons. The van der Waals surface area contributed by atoms with Crippen molar-refractivity contribution in [1.29, 1.82) is 0 Å². The number of nitrogens with zero attached hydrogens (tertiary/aromatic N) is 1. The van der Waals surface area contributed by atoms with Crippen LogP contribution < -0.4 is 10.6 Å². The smallest absolute Gasteiger partial charge is 0.242 e. The fourth-order valence-corrected chi connectivity index (χ4v) is 2.26. The summed E-state index contributed by atoms with van der Waals surface area (Å²) < 4.78 is 13.7. The van der Waals surface area contributed by atoms with Gasteiger partial charge in [0, 0.05) is 13.0 Å². The Bertz CT molecular complexity index is 455. The van der Waals surface area contributed by atoms with Gasteiger partial charge in [0.1, 0.15) is 16.6 Å². The van der Waals surface area contributed by atoms with Crippen molar-refractivity contribution in [2.75, 3.05) is 11.9 Å². The third kappa shape index (κ3) is 3.05. The Labute approximate surface area is 113 Å². The Hall–Kier alpha value is -1.01. The van der Waals surface area contributed by atoms with Gasteiger partial charge in [0.05, 0.1) is 6.04 Å². The Balaban J connectivity index is 2.09. The molecule has 18 heavy (non-hydrogen) atoms. The van der Waals surface area contributed by atoms with Crippen LogP contribution in [0, 0.1) is 0 Å². The average molecular weight is 316 g/mol. The third-order valence-electron chi connectivity index (χ3n) is 2.96. The number of nitrogens with one attached hydrogen (secondary N) is 2. The maximum absolute atomic E-state index is 13.0. The first-order valence-corrected chi connectivity index (χ1v) is 6.73. The van der Waals surface area contributed by atoms with Crippen molar-refractivity contribution in [1.82, 2.24) is 10.3 Å². The number of rotatable bonds is 3. The summed E-state index contributed by atoms with van der Waals surface area (Å²) in [7, 11) is 0. The number of alkyl halides is 1. The Morgan fingerprint density at radius 1 is 1.67 bits per heavy atom. The summed E-state index contributed by atoms with van der Waals surface area (Å²) in [6, 6.07) is 3.28. The van der Waals surface area contributed by atoms with Gasteiger partial charge >= 0.3 is 0 Å². The molecule has 1 aromatic heterocycles. The summed E-state index contributed by atoms with van der Waals surface area (Å²) in [5.41, 5.74) is 0.960. The summed E-state index contributed by atoms with van der Waals surface area (Å²) in [5, 5.41) is 5.61. The number of amides is 1. The normalized spacial score (nSPS) is 23.1. The van der Waals surface area contributed by atoms with Crippen LogP contribution in [0.15, 0.2) is 16.7 Å². The van der Waals surface area contributed by atoms with Crippen molar-refractivity contribution in [3.8, 4) is 0 Å². The molecule has 1 amide bonds. The molecule has 0 bridgehead atoms. The number of carbonyl (C=O) groups is 1. The molecule has 0 radical (unpaired) electrons. The lowest BCUT2D eigenvalue weighted by atomic mass is 10.2. The van der Waals surface area contributed by atoms with Crippen LogP contribution in [-0.4, -0.2) is 29.6 Å². The molecule has 2 N–H and O–H groups in total. The molecule has 1 aromatic rings. The molecule has 1 fully saturated rings. The third-order valence-corrected chi connectivity index (χ3v) is 3.40. The van der Waals surface area contributed by atoms with Gasteiger partial charge in [-0.25, -0.2) is 9.37 Å². The number of aryl methyl sites for hydroxylation is 1. The number of carbonyl (C=O) groups excluding carboxylic acids is 1. The summed E-state index contributed by atoms with van der Waals surface area (Å²) in [4.78, 5) is 16.2. The second-order valence-electron chi connectivity index (χ2n) is 4.28.